The molecule has 2 unspecified atom stereocenters. The Morgan fingerprint density at radius 1 is 0.676 bits per heavy atom. The summed E-state index contributed by atoms with van der Waals surface area (Å²) in [4.78, 5) is 0. The molecule has 208 valence electrons. The molecule has 0 heterocycles. The molecule has 0 fully saturated rings. The van der Waals surface area contributed by atoms with E-state index in [1.54, 1.807) is 36.4 Å². The van der Waals surface area contributed by atoms with Crippen LogP contribution in [0.15, 0.2) is 36.4 Å². The first-order chi connectivity index (χ1) is 17.4. The highest BCUT2D eigenvalue weighted by atomic mass is 32.2. The fraction of sp³-hybridized carbons (Fsp3) is 0.520. The van der Waals surface area contributed by atoms with Gasteiger partial charge in [-0.15, -0.1) is 0 Å². The zero-order chi connectivity index (χ0) is 27.6. The topological polar surface area (TPSA) is 157 Å². The van der Waals surface area contributed by atoms with Gasteiger partial charge in [0, 0.05) is 12.1 Å². The summed E-state index contributed by atoms with van der Waals surface area (Å²) in [7, 11) is -4.21. The van der Waals surface area contributed by atoms with Crippen LogP contribution in [0.3, 0.4) is 0 Å². The lowest BCUT2D eigenvalue weighted by atomic mass is 10.1. The second-order valence-electron chi connectivity index (χ2n) is 8.48. The lowest BCUT2D eigenvalue weighted by Crippen LogP contribution is -2.26. The number of hydrogen-bond donors (Lipinski definition) is 2. The number of nitrogens with two attached hydrogens (primary N) is 2. The Kier molecular flexibility index (Phi) is 11.5. The van der Waals surface area contributed by atoms with Gasteiger partial charge in [0.05, 0.1) is 50.4 Å². The molecule has 12 heteroatoms. The molecule has 4 N–H and O–H groups in total. The maximum Gasteiger partial charge on any atom is 0.161 e. The van der Waals surface area contributed by atoms with Crippen molar-refractivity contribution in [1.29, 1.82) is 0 Å². The number of rotatable bonds is 16. The number of ether oxygens (including phenoxy) is 4. The second kappa shape index (κ2) is 13.8. The van der Waals surface area contributed by atoms with Gasteiger partial charge in [0.1, 0.15) is 0 Å². The molecule has 2 atom stereocenters. The summed E-state index contributed by atoms with van der Waals surface area (Å²) in [5.41, 5.74) is 13.5. The molecule has 0 radical (unpaired) electrons. The normalized spacial score (nSPS) is 13.6. The van der Waals surface area contributed by atoms with Crippen LogP contribution in [0.4, 0.5) is 0 Å². The highest BCUT2D eigenvalue weighted by Crippen LogP contribution is 2.31. The lowest BCUT2D eigenvalue weighted by Gasteiger charge is -2.17. The maximum atomic E-state index is 12.7. The first-order valence-electron chi connectivity index (χ1n) is 12.0. The molecule has 0 saturated heterocycles. The summed E-state index contributed by atoms with van der Waals surface area (Å²) in [5.74, 6) is 0.737. The molecular weight excluding hydrogens is 520 g/mol. The van der Waals surface area contributed by atoms with Crippen LogP contribution in [-0.2, 0) is 19.7 Å². The van der Waals surface area contributed by atoms with Crippen molar-refractivity contribution in [3.05, 3.63) is 47.5 Å². The van der Waals surface area contributed by atoms with E-state index >= 15 is 0 Å². The van der Waals surface area contributed by atoms with Crippen molar-refractivity contribution >= 4 is 19.7 Å². The molecule has 0 aliphatic carbocycles. The molecule has 2 aromatic carbocycles. The van der Waals surface area contributed by atoms with Gasteiger partial charge in [0.15, 0.2) is 42.7 Å². The maximum absolute atomic E-state index is 12.7. The third-order valence-electron chi connectivity index (χ3n) is 5.61. The van der Waals surface area contributed by atoms with Crippen LogP contribution in [0, 0.1) is 0 Å². The Morgan fingerprint density at radius 2 is 1.05 bits per heavy atom. The summed E-state index contributed by atoms with van der Waals surface area (Å²) in [6.45, 7) is 4.48. The Morgan fingerprint density at radius 3 is 1.38 bits per heavy atom. The average molecular weight is 559 g/mol. The quantitative estimate of drug-likeness (QED) is 0.313. The summed E-state index contributed by atoms with van der Waals surface area (Å²) < 4.78 is 72.2. The van der Waals surface area contributed by atoms with Crippen LogP contribution in [0.25, 0.3) is 0 Å². The van der Waals surface area contributed by atoms with Gasteiger partial charge in [-0.25, -0.2) is 16.8 Å². The van der Waals surface area contributed by atoms with Crippen molar-refractivity contribution in [2.75, 3.05) is 50.4 Å². The van der Waals surface area contributed by atoms with Gasteiger partial charge in [0.25, 0.3) is 0 Å². The predicted molar refractivity (Wildman–Crippen MR) is 144 cm³/mol. The van der Waals surface area contributed by atoms with E-state index in [0.29, 0.717) is 47.3 Å². The van der Waals surface area contributed by atoms with Crippen molar-refractivity contribution in [3.63, 3.8) is 0 Å². The van der Waals surface area contributed by atoms with Crippen LogP contribution in [0.1, 0.15) is 43.5 Å². The molecule has 0 aromatic heterocycles. The van der Waals surface area contributed by atoms with Crippen molar-refractivity contribution in [3.8, 4) is 23.0 Å². The summed E-state index contributed by atoms with van der Waals surface area (Å²) >= 11 is 0. The molecule has 0 saturated carbocycles. The molecule has 0 aliphatic rings. The van der Waals surface area contributed by atoms with Gasteiger partial charge in [0.2, 0.25) is 0 Å². The van der Waals surface area contributed by atoms with Crippen LogP contribution in [-0.4, -0.2) is 67.3 Å². The van der Waals surface area contributed by atoms with Crippen LogP contribution in [0.2, 0.25) is 0 Å². The van der Waals surface area contributed by atoms with E-state index in [-0.39, 0.29) is 29.4 Å². The first-order valence-corrected chi connectivity index (χ1v) is 15.6. The van der Waals surface area contributed by atoms with Crippen molar-refractivity contribution in [2.45, 2.75) is 32.4 Å². The van der Waals surface area contributed by atoms with Crippen molar-refractivity contribution in [2.24, 2.45) is 11.5 Å². The molecule has 0 bridgehead atoms. The summed E-state index contributed by atoms with van der Waals surface area (Å²) in [5, 5.41) is 0. The van der Waals surface area contributed by atoms with E-state index in [4.69, 9.17) is 30.4 Å². The Labute approximate surface area is 220 Å². The van der Waals surface area contributed by atoms with E-state index in [0.717, 1.165) is 0 Å². The van der Waals surface area contributed by atoms with Crippen molar-refractivity contribution in [1.82, 2.24) is 0 Å². The monoisotopic (exact) mass is 558 g/mol. The fourth-order valence-corrected chi connectivity index (χ4v) is 6.95. The molecule has 2 aromatic rings. The minimum atomic E-state index is -3.62. The largest absolute Gasteiger partial charge is 0.493 e. The van der Waals surface area contributed by atoms with Crippen LogP contribution >= 0.6 is 0 Å². The van der Waals surface area contributed by atoms with Crippen molar-refractivity contribution < 1.29 is 35.8 Å². The minimum absolute atomic E-state index is 0.0519. The predicted octanol–water partition coefficient (Wildman–Crippen LogP) is 2.42. The van der Waals surface area contributed by atoms with E-state index in [2.05, 4.69) is 0 Å². The molecule has 0 spiro atoms. The van der Waals surface area contributed by atoms with E-state index in [1.165, 1.54) is 14.2 Å². The number of benzene rings is 2. The Bertz CT molecular complexity index is 1140. The zero-order valence-corrected chi connectivity index (χ0v) is 23.4. The van der Waals surface area contributed by atoms with Gasteiger partial charge in [-0.05, 0) is 55.7 Å². The highest BCUT2D eigenvalue weighted by molar-refractivity contribution is 7.92. The number of hydrogen-bond acceptors (Lipinski definition) is 10. The zero-order valence-electron chi connectivity index (χ0n) is 21.8. The van der Waals surface area contributed by atoms with Gasteiger partial charge in [-0.1, -0.05) is 12.1 Å². The number of sulfone groups is 2. The summed E-state index contributed by atoms with van der Waals surface area (Å²) in [6, 6.07) is 8.43. The second-order valence-corrected chi connectivity index (χ2v) is 12.9. The third kappa shape index (κ3) is 9.37. The lowest BCUT2D eigenvalue weighted by molar-refractivity contribution is 0.310. The van der Waals surface area contributed by atoms with Gasteiger partial charge in [-0.2, -0.15) is 0 Å². The molecule has 2 rings (SSSR count). The van der Waals surface area contributed by atoms with Gasteiger partial charge in [-0.3, -0.25) is 0 Å². The van der Waals surface area contributed by atoms with E-state index < -0.39 is 31.8 Å². The first kappa shape index (κ1) is 30.7. The van der Waals surface area contributed by atoms with Gasteiger partial charge < -0.3 is 30.4 Å². The molecular formula is C25H38N2O8S2. The Balaban J connectivity index is 1.96. The standard InChI is InChI=1S/C25H38N2O8S2/c1-5-34-24-14-18(8-10-22(24)32-3)20(26)16-36(28,29)12-7-13-37(30,31)17-21(27)19-9-11-23(33-4)25(15-19)35-6-2/h8-11,14-15,20-21H,5-7,12-13,16-17,26-27H2,1-4H3. The molecule has 0 amide bonds. The SMILES string of the molecule is CCOc1cc(C(N)CS(=O)(=O)CCCS(=O)(=O)CC(N)c2ccc(OC)c(OCC)c2)ccc1OC. The smallest absolute Gasteiger partial charge is 0.161 e. The molecule has 0 aliphatic heterocycles. The van der Waals surface area contributed by atoms with Crippen LogP contribution < -0.4 is 30.4 Å². The third-order valence-corrected chi connectivity index (χ3v) is 9.16. The van der Waals surface area contributed by atoms with Crippen LogP contribution in [0.5, 0.6) is 23.0 Å². The van der Waals surface area contributed by atoms with E-state index in [1.807, 2.05) is 13.8 Å². The van der Waals surface area contributed by atoms with E-state index in [9.17, 15) is 16.8 Å². The average Bonchev–Trinajstić information content (AvgIpc) is 2.83. The molecule has 10 nitrogen and oxygen atoms in total. The minimum Gasteiger partial charge on any atom is -0.493 e. The number of methoxy groups -OCH3 is 2. The highest BCUT2D eigenvalue weighted by Gasteiger charge is 2.23. The molecule has 37 heavy (non-hydrogen) atoms. The Hall–Kier alpha value is -2.54. The van der Waals surface area contributed by atoms with Gasteiger partial charge >= 0.3 is 0 Å². The summed E-state index contributed by atoms with van der Waals surface area (Å²) in [6.07, 6.45) is -0.0519. The fourth-order valence-electron chi connectivity index (χ4n) is 3.79.